The molecule has 136 valence electrons. The third kappa shape index (κ3) is 4.81. The summed E-state index contributed by atoms with van der Waals surface area (Å²) >= 11 is 0. The van der Waals surface area contributed by atoms with Crippen molar-refractivity contribution in [3.63, 3.8) is 0 Å². The zero-order valence-electron chi connectivity index (χ0n) is 14.4. The Morgan fingerprint density at radius 2 is 1.96 bits per heavy atom. The molecule has 26 heavy (non-hydrogen) atoms. The van der Waals surface area contributed by atoms with Crippen molar-refractivity contribution in [3.05, 3.63) is 60.4 Å². The number of piperidine rings is 1. The van der Waals surface area contributed by atoms with Crippen LogP contribution < -0.4 is 10.1 Å². The van der Waals surface area contributed by atoms with Crippen LogP contribution in [0, 0.1) is 11.7 Å². The number of benzene rings is 2. The Labute approximate surface area is 151 Å². The van der Waals surface area contributed by atoms with Gasteiger partial charge in [-0.25, -0.2) is 4.39 Å². The van der Waals surface area contributed by atoms with E-state index < -0.39 is 5.82 Å². The number of anilines is 1. The molecule has 0 spiro atoms. The molecule has 0 saturated carbocycles. The molecule has 1 aliphatic heterocycles. The number of carbonyl (C=O) groups is 2. The van der Waals surface area contributed by atoms with E-state index in [1.54, 1.807) is 11.0 Å². The van der Waals surface area contributed by atoms with E-state index >= 15 is 0 Å². The summed E-state index contributed by atoms with van der Waals surface area (Å²) in [7, 11) is 0. The Morgan fingerprint density at radius 1 is 1.15 bits per heavy atom. The molecule has 1 saturated heterocycles. The number of carbonyl (C=O) groups excluding carboxylic acids is 2. The van der Waals surface area contributed by atoms with Gasteiger partial charge in [0.1, 0.15) is 11.6 Å². The lowest BCUT2D eigenvalue weighted by atomic mass is 9.97. The maximum absolute atomic E-state index is 13.1. The number of nitrogens with one attached hydrogen (secondary N) is 1. The number of likely N-dealkylation sites (tertiary alicyclic amines) is 1. The fraction of sp³-hybridized carbons (Fsp3) is 0.300. The summed E-state index contributed by atoms with van der Waals surface area (Å²) in [5.74, 6) is -0.632. The average molecular weight is 356 g/mol. The lowest BCUT2D eigenvalue weighted by molar-refractivity contribution is -0.136. The minimum Gasteiger partial charge on any atom is -0.484 e. The largest absolute Gasteiger partial charge is 0.484 e. The van der Waals surface area contributed by atoms with Crippen LogP contribution in [-0.4, -0.2) is 36.4 Å². The minimum atomic E-state index is -0.412. The number of para-hydroxylation sites is 1. The van der Waals surface area contributed by atoms with Gasteiger partial charge in [-0.05, 0) is 37.1 Å². The van der Waals surface area contributed by atoms with E-state index in [-0.39, 0.29) is 24.3 Å². The Morgan fingerprint density at radius 3 is 2.73 bits per heavy atom. The highest BCUT2D eigenvalue weighted by Gasteiger charge is 2.28. The summed E-state index contributed by atoms with van der Waals surface area (Å²) in [6.07, 6.45) is 1.51. The molecule has 0 aromatic heterocycles. The maximum atomic E-state index is 13.1. The van der Waals surface area contributed by atoms with Gasteiger partial charge in [0, 0.05) is 24.8 Å². The molecule has 1 heterocycles. The zero-order chi connectivity index (χ0) is 18.4. The van der Waals surface area contributed by atoms with Crippen LogP contribution >= 0.6 is 0 Å². The molecule has 6 heteroatoms. The predicted molar refractivity (Wildman–Crippen MR) is 96.3 cm³/mol. The first-order valence-corrected chi connectivity index (χ1v) is 8.64. The van der Waals surface area contributed by atoms with Gasteiger partial charge in [0.05, 0.1) is 5.92 Å². The first kappa shape index (κ1) is 17.9. The van der Waals surface area contributed by atoms with E-state index in [0.717, 1.165) is 18.5 Å². The van der Waals surface area contributed by atoms with E-state index in [2.05, 4.69) is 5.32 Å². The van der Waals surface area contributed by atoms with Crippen LogP contribution in [0.2, 0.25) is 0 Å². The van der Waals surface area contributed by atoms with Crippen LogP contribution in [0.25, 0.3) is 0 Å². The van der Waals surface area contributed by atoms with Crippen molar-refractivity contribution < 1.29 is 18.7 Å². The molecule has 1 atom stereocenters. The smallest absolute Gasteiger partial charge is 0.260 e. The van der Waals surface area contributed by atoms with Crippen molar-refractivity contribution in [2.75, 3.05) is 25.0 Å². The topological polar surface area (TPSA) is 58.6 Å². The average Bonchev–Trinajstić information content (AvgIpc) is 2.67. The molecule has 3 rings (SSSR count). The van der Waals surface area contributed by atoms with E-state index in [0.29, 0.717) is 18.8 Å². The molecule has 1 aliphatic rings. The van der Waals surface area contributed by atoms with Crippen molar-refractivity contribution >= 4 is 17.5 Å². The Kier molecular flexibility index (Phi) is 5.84. The van der Waals surface area contributed by atoms with Crippen molar-refractivity contribution in [2.45, 2.75) is 12.8 Å². The second kappa shape index (κ2) is 8.47. The number of ether oxygens (including phenoxy) is 1. The highest BCUT2D eigenvalue weighted by atomic mass is 19.1. The second-order valence-electron chi connectivity index (χ2n) is 6.28. The van der Waals surface area contributed by atoms with E-state index in [9.17, 15) is 14.0 Å². The van der Waals surface area contributed by atoms with Crippen LogP contribution in [0.4, 0.5) is 10.1 Å². The number of rotatable bonds is 5. The number of hydrogen-bond acceptors (Lipinski definition) is 3. The molecule has 1 fully saturated rings. The highest BCUT2D eigenvalue weighted by Crippen LogP contribution is 2.19. The van der Waals surface area contributed by atoms with E-state index in [1.807, 2.05) is 30.3 Å². The van der Waals surface area contributed by atoms with Gasteiger partial charge in [0.15, 0.2) is 6.61 Å². The fourth-order valence-electron chi connectivity index (χ4n) is 2.98. The van der Waals surface area contributed by atoms with Crippen LogP contribution in [0.3, 0.4) is 0 Å². The Hall–Kier alpha value is -2.89. The van der Waals surface area contributed by atoms with Crippen LogP contribution in [0.1, 0.15) is 12.8 Å². The maximum Gasteiger partial charge on any atom is 0.260 e. The first-order valence-electron chi connectivity index (χ1n) is 8.64. The Bertz CT molecular complexity index is 767. The van der Waals surface area contributed by atoms with Gasteiger partial charge in [0.2, 0.25) is 5.91 Å². The molecule has 1 N–H and O–H groups in total. The highest BCUT2D eigenvalue weighted by molar-refractivity contribution is 5.93. The lowest BCUT2D eigenvalue weighted by Gasteiger charge is -2.32. The minimum absolute atomic E-state index is 0.0836. The SMILES string of the molecule is O=C(Nc1ccccc1)[C@@H]1CCCN(C(=O)COc2cccc(F)c2)C1. The van der Waals surface area contributed by atoms with Gasteiger partial charge >= 0.3 is 0 Å². The van der Waals surface area contributed by atoms with Crippen LogP contribution in [0.15, 0.2) is 54.6 Å². The summed E-state index contributed by atoms with van der Waals surface area (Å²) in [6, 6.07) is 14.9. The van der Waals surface area contributed by atoms with E-state index in [1.165, 1.54) is 18.2 Å². The van der Waals surface area contributed by atoms with Gasteiger partial charge in [-0.15, -0.1) is 0 Å². The lowest BCUT2D eigenvalue weighted by Crippen LogP contribution is -2.45. The normalized spacial score (nSPS) is 16.8. The molecule has 0 unspecified atom stereocenters. The number of nitrogens with zero attached hydrogens (tertiary/aromatic N) is 1. The monoisotopic (exact) mass is 356 g/mol. The summed E-state index contributed by atoms with van der Waals surface area (Å²) < 4.78 is 18.5. The summed E-state index contributed by atoms with van der Waals surface area (Å²) in [5, 5.41) is 2.89. The number of amides is 2. The van der Waals surface area contributed by atoms with Gasteiger partial charge < -0.3 is 15.0 Å². The second-order valence-corrected chi connectivity index (χ2v) is 6.28. The van der Waals surface area contributed by atoms with Crippen LogP contribution in [-0.2, 0) is 9.59 Å². The van der Waals surface area contributed by atoms with Crippen molar-refractivity contribution in [1.82, 2.24) is 4.90 Å². The van der Waals surface area contributed by atoms with Crippen LogP contribution in [0.5, 0.6) is 5.75 Å². The van der Waals surface area contributed by atoms with Gasteiger partial charge in [-0.3, -0.25) is 9.59 Å². The summed E-state index contributed by atoms with van der Waals surface area (Å²) in [4.78, 5) is 26.4. The molecular weight excluding hydrogens is 335 g/mol. The molecule has 2 amide bonds. The summed E-state index contributed by atoms with van der Waals surface area (Å²) in [6.45, 7) is 0.793. The number of hydrogen-bond donors (Lipinski definition) is 1. The molecule has 0 radical (unpaired) electrons. The molecule has 2 aromatic carbocycles. The van der Waals surface area contributed by atoms with Gasteiger partial charge in [-0.2, -0.15) is 0 Å². The summed E-state index contributed by atoms with van der Waals surface area (Å²) in [5.41, 5.74) is 0.746. The molecule has 0 aliphatic carbocycles. The third-order valence-corrected chi connectivity index (χ3v) is 4.34. The fourth-order valence-corrected chi connectivity index (χ4v) is 2.98. The van der Waals surface area contributed by atoms with Gasteiger partial charge in [-0.1, -0.05) is 24.3 Å². The molecule has 2 aromatic rings. The van der Waals surface area contributed by atoms with Crippen molar-refractivity contribution in [3.8, 4) is 5.75 Å². The van der Waals surface area contributed by atoms with Crippen molar-refractivity contribution in [1.29, 1.82) is 0 Å². The standard InChI is InChI=1S/C20H21FN2O3/c21-16-7-4-10-18(12-16)26-14-19(24)23-11-5-6-15(13-23)20(25)22-17-8-2-1-3-9-17/h1-4,7-10,12,15H,5-6,11,13-14H2,(H,22,25)/t15-/m1/s1. The Balaban J connectivity index is 1.52. The van der Waals surface area contributed by atoms with E-state index in [4.69, 9.17) is 4.74 Å². The first-order chi connectivity index (χ1) is 12.6. The molecule has 0 bridgehead atoms. The molecular formula is C20H21FN2O3. The zero-order valence-corrected chi connectivity index (χ0v) is 14.4. The molecule has 5 nitrogen and oxygen atoms in total. The van der Waals surface area contributed by atoms with Gasteiger partial charge in [0.25, 0.3) is 5.91 Å². The quantitative estimate of drug-likeness (QED) is 0.896. The predicted octanol–water partition coefficient (Wildman–Crippen LogP) is 3.08. The third-order valence-electron chi connectivity index (χ3n) is 4.34. The number of halogens is 1. The van der Waals surface area contributed by atoms with Crippen molar-refractivity contribution in [2.24, 2.45) is 5.92 Å².